The third kappa shape index (κ3) is 3.90. The van der Waals surface area contributed by atoms with Crippen LogP contribution in [0.25, 0.3) is 0 Å². The molecule has 1 heterocycles. The van der Waals surface area contributed by atoms with Gasteiger partial charge in [0.05, 0.1) is 6.07 Å². The van der Waals surface area contributed by atoms with E-state index in [4.69, 9.17) is 5.26 Å². The van der Waals surface area contributed by atoms with Crippen molar-refractivity contribution in [2.75, 3.05) is 45.8 Å². The van der Waals surface area contributed by atoms with E-state index in [0.29, 0.717) is 6.42 Å². The molecular weight excluding hydrogens is 216 g/mol. The summed E-state index contributed by atoms with van der Waals surface area (Å²) in [5.74, 6) is 0. The molecule has 0 N–H and O–H groups in total. The number of hydrogen-bond donors (Lipinski definition) is 0. The number of nitrogens with zero attached hydrogens (tertiary/aromatic N) is 4. The second-order valence-electron chi connectivity index (χ2n) is 4.19. The van der Waals surface area contributed by atoms with E-state index in [1.54, 1.807) is 0 Å². The third-order valence-corrected chi connectivity index (χ3v) is 3.22. The molecular formula is C12H22N4O. The number of urea groups is 1. The third-order valence-electron chi connectivity index (χ3n) is 3.22. The SMILES string of the molecule is CCN(CC)C(=O)N1CCN(CCC#N)CC1. The summed E-state index contributed by atoms with van der Waals surface area (Å²) in [4.78, 5) is 18.1. The monoisotopic (exact) mass is 238 g/mol. The summed E-state index contributed by atoms with van der Waals surface area (Å²) in [5.41, 5.74) is 0. The molecule has 0 unspecified atom stereocenters. The molecule has 0 radical (unpaired) electrons. The number of hydrogen-bond acceptors (Lipinski definition) is 3. The van der Waals surface area contributed by atoms with Crippen molar-refractivity contribution in [3.05, 3.63) is 0 Å². The van der Waals surface area contributed by atoms with Crippen LogP contribution in [-0.2, 0) is 0 Å². The Bertz CT molecular complexity index is 275. The molecule has 0 aliphatic carbocycles. The maximum absolute atomic E-state index is 12.1. The van der Waals surface area contributed by atoms with Crippen LogP contribution in [-0.4, -0.2) is 66.5 Å². The highest BCUT2D eigenvalue weighted by atomic mass is 16.2. The fourth-order valence-electron chi connectivity index (χ4n) is 2.07. The van der Waals surface area contributed by atoms with Gasteiger partial charge < -0.3 is 9.80 Å². The van der Waals surface area contributed by atoms with Gasteiger partial charge in [-0.15, -0.1) is 0 Å². The first kappa shape index (κ1) is 13.8. The van der Waals surface area contributed by atoms with Crippen molar-refractivity contribution < 1.29 is 4.79 Å². The summed E-state index contributed by atoms with van der Waals surface area (Å²) in [6.45, 7) is 9.69. The normalized spacial score (nSPS) is 16.6. The van der Waals surface area contributed by atoms with Gasteiger partial charge >= 0.3 is 6.03 Å². The van der Waals surface area contributed by atoms with E-state index in [9.17, 15) is 4.79 Å². The van der Waals surface area contributed by atoms with Crippen LogP contribution in [0.3, 0.4) is 0 Å². The zero-order valence-corrected chi connectivity index (χ0v) is 10.9. The van der Waals surface area contributed by atoms with E-state index < -0.39 is 0 Å². The standard InChI is InChI=1S/C12H22N4O/c1-3-15(4-2)12(17)16-10-8-14(9-11-16)7-5-6-13/h3-5,7-11H2,1-2H3. The molecule has 96 valence electrons. The van der Waals surface area contributed by atoms with Gasteiger partial charge in [-0.25, -0.2) is 4.79 Å². The molecule has 0 aromatic carbocycles. The molecule has 1 fully saturated rings. The molecule has 1 rings (SSSR count). The number of carbonyl (C=O) groups excluding carboxylic acids is 1. The highest BCUT2D eigenvalue weighted by Gasteiger charge is 2.23. The number of rotatable bonds is 4. The minimum Gasteiger partial charge on any atom is -0.325 e. The van der Waals surface area contributed by atoms with E-state index in [1.807, 2.05) is 23.6 Å². The zero-order valence-electron chi connectivity index (χ0n) is 10.9. The van der Waals surface area contributed by atoms with Gasteiger partial charge in [-0.3, -0.25) is 4.90 Å². The highest BCUT2D eigenvalue weighted by Crippen LogP contribution is 2.06. The minimum absolute atomic E-state index is 0.148. The smallest absolute Gasteiger partial charge is 0.320 e. The molecule has 0 aromatic heterocycles. The lowest BCUT2D eigenvalue weighted by molar-refractivity contribution is 0.116. The zero-order chi connectivity index (χ0) is 12.7. The molecule has 1 saturated heterocycles. The highest BCUT2D eigenvalue weighted by molar-refractivity contribution is 5.74. The van der Waals surface area contributed by atoms with E-state index in [0.717, 1.165) is 45.8 Å². The quantitative estimate of drug-likeness (QED) is 0.733. The van der Waals surface area contributed by atoms with E-state index in [2.05, 4.69) is 11.0 Å². The first-order valence-electron chi connectivity index (χ1n) is 6.36. The van der Waals surface area contributed by atoms with Crippen LogP contribution >= 0.6 is 0 Å². The molecule has 1 aliphatic heterocycles. The Kier molecular flexibility index (Phi) is 5.78. The van der Waals surface area contributed by atoms with Gasteiger partial charge in [0.15, 0.2) is 0 Å². The van der Waals surface area contributed by atoms with Gasteiger partial charge in [0.2, 0.25) is 0 Å². The number of nitriles is 1. The second-order valence-corrected chi connectivity index (χ2v) is 4.19. The lowest BCUT2D eigenvalue weighted by Crippen LogP contribution is -2.52. The van der Waals surface area contributed by atoms with Crippen molar-refractivity contribution in [1.82, 2.24) is 14.7 Å². The van der Waals surface area contributed by atoms with Crippen LogP contribution in [0.5, 0.6) is 0 Å². The fourth-order valence-corrected chi connectivity index (χ4v) is 2.07. The van der Waals surface area contributed by atoms with Crippen LogP contribution in [0.1, 0.15) is 20.3 Å². The lowest BCUT2D eigenvalue weighted by atomic mass is 10.3. The van der Waals surface area contributed by atoms with E-state index in [1.165, 1.54) is 0 Å². The molecule has 0 aromatic rings. The Morgan fingerprint density at radius 2 is 1.82 bits per heavy atom. The van der Waals surface area contributed by atoms with Crippen molar-refractivity contribution in [2.24, 2.45) is 0 Å². The van der Waals surface area contributed by atoms with Crippen molar-refractivity contribution >= 4 is 6.03 Å². The average molecular weight is 238 g/mol. The van der Waals surface area contributed by atoms with Gasteiger partial charge in [-0.2, -0.15) is 5.26 Å². The van der Waals surface area contributed by atoms with Crippen molar-refractivity contribution in [3.8, 4) is 6.07 Å². The van der Waals surface area contributed by atoms with Crippen molar-refractivity contribution in [2.45, 2.75) is 20.3 Å². The fraction of sp³-hybridized carbons (Fsp3) is 0.833. The van der Waals surface area contributed by atoms with Crippen LogP contribution in [0.2, 0.25) is 0 Å². The molecule has 1 aliphatic rings. The first-order valence-corrected chi connectivity index (χ1v) is 6.36. The Morgan fingerprint density at radius 1 is 1.24 bits per heavy atom. The molecule has 0 bridgehead atoms. The molecule has 0 saturated carbocycles. The van der Waals surface area contributed by atoms with Crippen molar-refractivity contribution in [1.29, 1.82) is 5.26 Å². The van der Waals surface area contributed by atoms with E-state index >= 15 is 0 Å². The molecule has 5 nitrogen and oxygen atoms in total. The average Bonchev–Trinajstić information content (AvgIpc) is 2.38. The van der Waals surface area contributed by atoms with Crippen LogP contribution in [0, 0.1) is 11.3 Å². The van der Waals surface area contributed by atoms with Gasteiger partial charge in [0.1, 0.15) is 0 Å². The van der Waals surface area contributed by atoms with Crippen LogP contribution in [0.4, 0.5) is 4.79 Å². The molecule has 17 heavy (non-hydrogen) atoms. The van der Waals surface area contributed by atoms with Gasteiger partial charge in [0.25, 0.3) is 0 Å². The van der Waals surface area contributed by atoms with Gasteiger partial charge in [-0.1, -0.05) is 0 Å². The Hall–Kier alpha value is -1.28. The summed E-state index contributed by atoms with van der Waals surface area (Å²) in [5, 5.41) is 8.53. The number of piperazine rings is 1. The summed E-state index contributed by atoms with van der Waals surface area (Å²) in [6, 6.07) is 2.30. The maximum Gasteiger partial charge on any atom is 0.320 e. The number of amides is 2. The molecule has 0 atom stereocenters. The topological polar surface area (TPSA) is 50.6 Å². The Morgan fingerprint density at radius 3 is 2.29 bits per heavy atom. The summed E-state index contributed by atoms with van der Waals surface area (Å²) in [7, 11) is 0. The first-order chi connectivity index (χ1) is 8.22. The molecule has 5 heteroatoms. The van der Waals surface area contributed by atoms with Crippen LogP contribution in [0.15, 0.2) is 0 Å². The lowest BCUT2D eigenvalue weighted by Gasteiger charge is -2.36. The summed E-state index contributed by atoms with van der Waals surface area (Å²) >= 11 is 0. The second kappa shape index (κ2) is 7.13. The van der Waals surface area contributed by atoms with Crippen LogP contribution < -0.4 is 0 Å². The Labute approximate surface area is 104 Å². The van der Waals surface area contributed by atoms with Gasteiger partial charge in [-0.05, 0) is 13.8 Å². The number of carbonyl (C=O) groups is 1. The van der Waals surface area contributed by atoms with Crippen molar-refractivity contribution in [3.63, 3.8) is 0 Å². The predicted molar refractivity (Wildman–Crippen MR) is 66.6 cm³/mol. The molecule has 2 amide bonds. The summed E-state index contributed by atoms with van der Waals surface area (Å²) in [6.07, 6.45) is 0.573. The predicted octanol–water partition coefficient (Wildman–Crippen LogP) is 0.979. The minimum atomic E-state index is 0.148. The Balaban J connectivity index is 2.36. The summed E-state index contributed by atoms with van der Waals surface area (Å²) < 4.78 is 0. The molecule has 0 spiro atoms. The van der Waals surface area contributed by atoms with E-state index in [-0.39, 0.29) is 6.03 Å². The van der Waals surface area contributed by atoms with Gasteiger partial charge in [0, 0.05) is 52.2 Å². The maximum atomic E-state index is 12.1. The largest absolute Gasteiger partial charge is 0.325 e.